The molecule has 188 valence electrons. The van der Waals surface area contributed by atoms with Gasteiger partial charge in [0.15, 0.2) is 6.29 Å². The van der Waals surface area contributed by atoms with Crippen molar-refractivity contribution in [1.29, 1.82) is 0 Å². The van der Waals surface area contributed by atoms with Crippen molar-refractivity contribution in [3.05, 3.63) is 40.2 Å². The number of aryl methyl sites for hydroxylation is 1. The molecule has 0 aliphatic carbocycles. The lowest BCUT2D eigenvalue weighted by molar-refractivity contribution is -0.349. The van der Waals surface area contributed by atoms with Gasteiger partial charge in [-0.25, -0.2) is 4.79 Å². The largest absolute Gasteiger partial charge is 0.462 e. The number of hydrogen-bond acceptors (Lipinski definition) is 12. The van der Waals surface area contributed by atoms with Crippen LogP contribution in [0.3, 0.4) is 0 Å². The lowest BCUT2D eigenvalue weighted by Crippen LogP contribution is -2.64. The molecule has 6 N–H and O–H groups in total. The maximum absolute atomic E-state index is 11.7. The molecule has 0 amide bonds. The molecule has 10 atom stereocenters. The molecule has 0 saturated carbocycles. The number of ether oxygens (including phenoxy) is 4. The molecule has 0 bridgehead atoms. The molecule has 2 saturated heterocycles. The van der Waals surface area contributed by atoms with E-state index in [1.54, 1.807) is 19.1 Å². The summed E-state index contributed by atoms with van der Waals surface area (Å²) in [6.07, 6.45) is -14.2. The van der Waals surface area contributed by atoms with Crippen molar-refractivity contribution in [1.82, 2.24) is 0 Å². The van der Waals surface area contributed by atoms with E-state index in [2.05, 4.69) is 0 Å². The fourth-order valence-electron chi connectivity index (χ4n) is 4.11. The van der Waals surface area contributed by atoms with E-state index in [-0.39, 0.29) is 11.3 Å². The van der Waals surface area contributed by atoms with Crippen LogP contribution in [0.15, 0.2) is 33.5 Å². The van der Waals surface area contributed by atoms with E-state index < -0.39 is 73.6 Å². The van der Waals surface area contributed by atoms with E-state index in [0.717, 1.165) is 0 Å². The Hall–Kier alpha value is -2.13. The summed E-state index contributed by atoms with van der Waals surface area (Å²) in [5.74, 6) is 0.172. The number of fused-ring (bicyclic) bond motifs is 1. The molecule has 3 heterocycles. The van der Waals surface area contributed by atoms with E-state index in [1.165, 1.54) is 19.1 Å². The maximum atomic E-state index is 11.7. The van der Waals surface area contributed by atoms with Gasteiger partial charge in [0.2, 0.25) is 6.29 Å². The molecule has 34 heavy (non-hydrogen) atoms. The Kier molecular flexibility index (Phi) is 7.24. The van der Waals surface area contributed by atoms with Crippen LogP contribution in [0.5, 0.6) is 5.75 Å². The molecule has 1 aromatic heterocycles. The first-order valence-corrected chi connectivity index (χ1v) is 10.8. The van der Waals surface area contributed by atoms with E-state index in [0.29, 0.717) is 10.9 Å². The normalized spacial score (nSPS) is 38.7. The van der Waals surface area contributed by atoms with Crippen molar-refractivity contribution in [2.45, 2.75) is 75.3 Å². The number of aliphatic hydroxyl groups excluding tert-OH is 6. The number of aliphatic hydroxyl groups is 6. The Morgan fingerprint density at radius 3 is 2.32 bits per heavy atom. The van der Waals surface area contributed by atoms with E-state index in [4.69, 9.17) is 23.4 Å². The molecule has 2 aromatic rings. The Balaban J connectivity index is 1.50. The molecule has 0 radical (unpaired) electrons. The lowest BCUT2D eigenvalue weighted by atomic mass is 9.97. The van der Waals surface area contributed by atoms with Crippen molar-refractivity contribution in [3.63, 3.8) is 0 Å². The predicted molar refractivity (Wildman–Crippen MR) is 113 cm³/mol. The highest BCUT2D eigenvalue weighted by Gasteiger charge is 2.50. The minimum atomic E-state index is -1.65. The van der Waals surface area contributed by atoms with Crippen LogP contribution in [0.4, 0.5) is 0 Å². The summed E-state index contributed by atoms with van der Waals surface area (Å²) < 4.78 is 27.3. The summed E-state index contributed by atoms with van der Waals surface area (Å²) in [4.78, 5) is 11.7. The smallest absolute Gasteiger partial charge is 0.336 e. The number of benzene rings is 1. The van der Waals surface area contributed by atoms with Crippen LogP contribution in [0.25, 0.3) is 11.0 Å². The Labute approximate surface area is 193 Å². The molecule has 0 unspecified atom stereocenters. The van der Waals surface area contributed by atoms with Crippen LogP contribution in [0.2, 0.25) is 0 Å². The minimum Gasteiger partial charge on any atom is -0.462 e. The Morgan fingerprint density at radius 1 is 0.912 bits per heavy atom. The first-order chi connectivity index (χ1) is 16.1. The first kappa shape index (κ1) is 25.0. The van der Waals surface area contributed by atoms with Gasteiger partial charge in [-0.3, -0.25) is 0 Å². The molecule has 12 heteroatoms. The van der Waals surface area contributed by atoms with Gasteiger partial charge < -0.3 is 54.0 Å². The van der Waals surface area contributed by atoms with Crippen LogP contribution in [0.1, 0.15) is 12.5 Å². The third-order valence-electron chi connectivity index (χ3n) is 6.10. The number of rotatable bonds is 5. The van der Waals surface area contributed by atoms with Gasteiger partial charge in [0.05, 0.1) is 12.7 Å². The van der Waals surface area contributed by atoms with E-state index in [9.17, 15) is 35.4 Å². The van der Waals surface area contributed by atoms with Crippen LogP contribution in [0, 0.1) is 6.92 Å². The molecule has 1 aromatic carbocycles. The van der Waals surface area contributed by atoms with Crippen molar-refractivity contribution < 1.29 is 54.0 Å². The quantitative estimate of drug-likeness (QED) is 0.260. The van der Waals surface area contributed by atoms with Crippen molar-refractivity contribution in [2.75, 3.05) is 6.61 Å². The summed E-state index contributed by atoms with van der Waals surface area (Å²) in [7, 11) is 0. The minimum absolute atomic E-state index is 0.172. The molecule has 12 nitrogen and oxygen atoms in total. The number of hydrogen-bond donors (Lipinski definition) is 6. The van der Waals surface area contributed by atoms with Gasteiger partial charge in [-0.15, -0.1) is 0 Å². The average Bonchev–Trinajstić information content (AvgIpc) is 2.80. The molecular formula is C22H28O12. The third-order valence-corrected chi connectivity index (χ3v) is 6.10. The van der Waals surface area contributed by atoms with E-state index >= 15 is 0 Å². The Bertz CT molecular complexity index is 1050. The van der Waals surface area contributed by atoms with Crippen molar-refractivity contribution in [3.8, 4) is 5.75 Å². The molecular weight excluding hydrogens is 456 g/mol. The van der Waals surface area contributed by atoms with Gasteiger partial charge in [0.1, 0.15) is 54.1 Å². The van der Waals surface area contributed by atoms with Gasteiger partial charge >= 0.3 is 5.63 Å². The average molecular weight is 484 g/mol. The molecule has 4 rings (SSSR count). The van der Waals surface area contributed by atoms with Crippen molar-refractivity contribution in [2.24, 2.45) is 0 Å². The zero-order valence-electron chi connectivity index (χ0n) is 18.4. The van der Waals surface area contributed by atoms with Crippen molar-refractivity contribution >= 4 is 11.0 Å². The summed E-state index contributed by atoms with van der Waals surface area (Å²) in [5, 5.41) is 61.7. The highest BCUT2D eigenvalue weighted by molar-refractivity contribution is 5.81. The van der Waals surface area contributed by atoms with Gasteiger partial charge in [0.25, 0.3) is 0 Å². The monoisotopic (exact) mass is 484 g/mol. The van der Waals surface area contributed by atoms with Crippen LogP contribution < -0.4 is 10.4 Å². The summed E-state index contributed by atoms with van der Waals surface area (Å²) >= 11 is 0. The van der Waals surface area contributed by atoms with Gasteiger partial charge in [-0.2, -0.15) is 0 Å². The first-order valence-electron chi connectivity index (χ1n) is 10.8. The maximum Gasteiger partial charge on any atom is 0.336 e. The summed E-state index contributed by atoms with van der Waals surface area (Å²) in [5.41, 5.74) is 0.430. The highest BCUT2D eigenvalue weighted by atomic mass is 16.7. The SMILES string of the molecule is Cc1cc(=O)oc2cc(O[C@H]3O[C@@H](CO)[C@H](O[C@@H]4O[C@H](C)[C@@H](O)[C@H](O)[C@@H]4O)[C@@H](O)[C@@H]3O)ccc12. The summed E-state index contributed by atoms with van der Waals surface area (Å²) in [6.45, 7) is 2.56. The highest BCUT2D eigenvalue weighted by Crippen LogP contribution is 2.31. The lowest BCUT2D eigenvalue weighted by Gasteiger charge is -2.45. The zero-order valence-corrected chi connectivity index (χ0v) is 18.4. The fourth-order valence-corrected chi connectivity index (χ4v) is 4.11. The standard InChI is InChI=1S/C22H28O12/c1-8-5-14(24)32-12-6-10(3-4-11(8)12)31-22-19(29)17(27)20(13(7-23)33-22)34-21-18(28)16(26)15(25)9(2)30-21/h3-6,9,13,15-23,25-29H,7H2,1-2H3/t9-,13+,15-,16+,17+,18+,19+,20+,21+,22+/m1/s1. The molecule has 2 aliphatic rings. The topological polar surface area (TPSA) is 189 Å². The Morgan fingerprint density at radius 2 is 1.62 bits per heavy atom. The third kappa shape index (κ3) is 4.69. The van der Waals surface area contributed by atoms with Crippen LogP contribution in [-0.4, -0.2) is 98.7 Å². The van der Waals surface area contributed by atoms with Gasteiger partial charge in [-0.1, -0.05) is 0 Å². The van der Waals surface area contributed by atoms with E-state index in [1.807, 2.05) is 0 Å². The second-order valence-corrected chi connectivity index (χ2v) is 8.51. The van der Waals surface area contributed by atoms with Crippen LogP contribution >= 0.6 is 0 Å². The fraction of sp³-hybridized carbons (Fsp3) is 0.591. The summed E-state index contributed by atoms with van der Waals surface area (Å²) in [6, 6.07) is 6.01. The predicted octanol–water partition coefficient (Wildman–Crippen LogP) is -1.87. The molecule has 0 spiro atoms. The van der Waals surface area contributed by atoms with Gasteiger partial charge in [-0.05, 0) is 31.5 Å². The van der Waals surface area contributed by atoms with Crippen LogP contribution in [-0.2, 0) is 14.2 Å². The second-order valence-electron chi connectivity index (χ2n) is 8.51. The molecule has 2 aliphatic heterocycles. The molecule has 2 fully saturated rings. The second kappa shape index (κ2) is 9.85. The zero-order chi connectivity index (χ0) is 24.7. The van der Waals surface area contributed by atoms with Gasteiger partial charge in [0, 0.05) is 17.5 Å².